The summed E-state index contributed by atoms with van der Waals surface area (Å²) in [6.45, 7) is 0. The molecule has 1 unspecified atom stereocenters. The zero-order chi connectivity index (χ0) is 14.4. The molecule has 0 saturated carbocycles. The third-order valence-corrected chi connectivity index (χ3v) is 2.39. The Morgan fingerprint density at radius 3 is 2.42 bits per heavy atom. The number of halogens is 2. The Balaban J connectivity index is 2.84. The molecule has 0 aliphatic heterocycles. The summed E-state index contributed by atoms with van der Waals surface area (Å²) in [6.07, 6.45) is -0.864. The quantitative estimate of drug-likeness (QED) is 0.842. The molecular formula is C12H13F2NO4. The van der Waals surface area contributed by atoms with E-state index in [1.165, 1.54) is 6.07 Å². The Kier molecular flexibility index (Phi) is 5.23. The van der Waals surface area contributed by atoms with Crippen LogP contribution in [0.2, 0.25) is 0 Å². The van der Waals surface area contributed by atoms with Gasteiger partial charge in [0, 0.05) is 6.42 Å². The van der Waals surface area contributed by atoms with Gasteiger partial charge < -0.3 is 14.8 Å². The fourth-order valence-corrected chi connectivity index (χ4v) is 1.44. The van der Waals surface area contributed by atoms with Crippen LogP contribution in [0.4, 0.5) is 13.6 Å². The fourth-order valence-electron chi connectivity index (χ4n) is 1.44. The zero-order valence-electron chi connectivity index (χ0n) is 10.4. The number of nitrogens with one attached hydrogen (secondary N) is 1. The highest BCUT2D eigenvalue weighted by molar-refractivity contribution is 5.81. The molecule has 1 atom stereocenters. The van der Waals surface area contributed by atoms with Gasteiger partial charge in [-0.2, -0.15) is 0 Å². The Labute approximate surface area is 108 Å². The molecule has 0 radical (unpaired) electrons. The minimum absolute atomic E-state index is 0.0427. The van der Waals surface area contributed by atoms with Crippen molar-refractivity contribution in [1.29, 1.82) is 0 Å². The Hall–Kier alpha value is -2.18. The van der Waals surface area contributed by atoms with E-state index < -0.39 is 29.7 Å². The fraction of sp³-hybridized carbons (Fsp3) is 0.333. The van der Waals surface area contributed by atoms with E-state index in [9.17, 15) is 18.4 Å². The molecule has 0 saturated heterocycles. The molecule has 7 heteroatoms. The van der Waals surface area contributed by atoms with Crippen LogP contribution in [0, 0.1) is 11.6 Å². The predicted molar refractivity (Wildman–Crippen MR) is 61.4 cm³/mol. The maximum Gasteiger partial charge on any atom is 0.407 e. The first-order valence-corrected chi connectivity index (χ1v) is 5.34. The monoisotopic (exact) mass is 273 g/mol. The topological polar surface area (TPSA) is 64.6 Å². The third-order valence-electron chi connectivity index (χ3n) is 2.39. The molecule has 0 aliphatic rings. The van der Waals surface area contributed by atoms with E-state index in [2.05, 4.69) is 14.8 Å². The van der Waals surface area contributed by atoms with Crippen molar-refractivity contribution in [3.63, 3.8) is 0 Å². The molecule has 0 aromatic heterocycles. The highest BCUT2D eigenvalue weighted by Crippen LogP contribution is 2.11. The number of amides is 1. The molecular weight excluding hydrogens is 260 g/mol. The van der Waals surface area contributed by atoms with Gasteiger partial charge in [0.2, 0.25) is 0 Å². The molecule has 0 heterocycles. The van der Waals surface area contributed by atoms with Crippen molar-refractivity contribution < 1.29 is 27.8 Å². The summed E-state index contributed by atoms with van der Waals surface area (Å²) in [5.41, 5.74) is 0.339. The van der Waals surface area contributed by atoms with Crippen LogP contribution in [0.1, 0.15) is 5.56 Å². The molecule has 0 bridgehead atoms. The first-order chi connectivity index (χ1) is 8.97. The molecule has 1 rings (SSSR count). The van der Waals surface area contributed by atoms with Crippen molar-refractivity contribution in [3.05, 3.63) is 35.4 Å². The van der Waals surface area contributed by atoms with Gasteiger partial charge in [-0.05, 0) is 17.7 Å². The van der Waals surface area contributed by atoms with Gasteiger partial charge in [0.15, 0.2) is 11.6 Å². The van der Waals surface area contributed by atoms with Gasteiger partial charge in [-0.3, -0.25) is 0 Å². The number of rotatable bonds is 4. The second kappa shape index (κ2) is 6.67. The highest BCUT2D eigenvalue weighted by Gasteiger charge is 2.22. The summed E-state index contributed by atoms with van der Waals surface area (Å²) in [7, 11) is 2.29. The highest BCUT2D eigenvalue weighted by atomic mass is 19.2. The van der Waals surface area contributed by atoms with E-state index >= 15 is 0 Å². The number of methoxy groups -OCH3 is 2. The number of hydrogen-bond donors (Lipinski definition) is 1. The molecule has 19 heavy (non-hydrogen) atoms. The Bertz CT molecular complexity index is 479. The second-order valence-corrected chi connectivity index (χ2v) is 3.66. The van der Waals surface area contributed by atoms with Crippen molar-refractivity contribution in [1.82, 2.24) is 5.32 Å². The number of benzene rings is 1. The molecule has 0 aliphatic carbocycles. The Morgan fingerprint density at radius 1 is 1.21 bits per heavy atom. The van der Waals surface area contributed by atoms with Crippen LogP contribution in [0.15, 0.2) is 18.2 Å². The average molecular weight is 273 g/mol. The van der Waals surface area contributed by atoms with Crippen LogP contribution in [-0.2, 0) is 20.7 Å². The van der Waals surface area contributed by atoms with Crippen molar-refractivity contribution in [2.45, 2.75) is 12.5 Å². The molecule has 1 amide bonds. The van der Waals surface area contributed by atoms with E-state index in [-0.39, 0.29) is 6.42 Å². The van der Waals surface area contributed by atoms with Gasteiger partial charge in [-0.25, -0.2) is 18.4 Å². The SMILES string of the molecule is COC(=O)NC(Cc1ccc(F)c(F)c1)C(=O)OC. The molecule has 0 spiro atoms. The van der Waals surface area contributed by atoms with Crippen LogP contribution in [-0.4, -0.2) is 32.3 Å². The van der Waals surface area contributed by atoms with E-state index in [0.717, 1.165) is 26.4 Å². The molecule has 1 N–H and O–H groups in total. The Morgan fingerprint density at radius 2 is 1.89 bits per heavy atom. The maximum absolute atomic E-state index is 13.0. The van der Waals surface area contributed by atoms with Gasteiger partial charge in [-0.15, -0.1) is 0 Å². The lowest BCUT2D eigenvalue weighted by molar-refractivity contribution is -0.142. The molecule has 1 aromatic carbocycles. The number of ether oxygens (including phenoxy) is 2. The predicted octanol–water partition coefficient (Wildman–Crippen LogP) is 1.40. The first kappa shape index (κ1) is 14.9. The lowest BCUT2D eigenvalue weighted by atomic mass is 10.1. The van der Waals surface area contributed by atoms with Crippen molar-refractivity contribution >= 4 is 12.1 Å². The molecule has 1 aromatic rings. The van der Waals surface area contributed by atoms with Gasteiger partial charge >= 0.3 is 12.1 Å². The lowest BCUT2D eigenvalue weighted by Crippen LogP contribution is -2.43. The van der Waals surface area contributed by atoms with E-state index in [0.29, 0.717) is 5.56 Å². The number of esters is 1. The summed E-state index contributed by atoms with van der Waals surface area (Å²) in [5.74, 6) is -2.73. The normalized spacial score (nSPS) is 11.6. The number of alkyl carbamates (subject to hydrolysis) is 1. The summed E-state index contributed by atoms with van der Waals surface area (Å²) >= 11 is 0. The van der Waals surface area contributed by atoms with Gasteiger partial charge in [0.25, 0.3) is 0 Å². The second-order valence-electron chi connectivity index (χ2n) is 3.66. The summed E-state index contributed by atoms with van der Waals surface area (Å²) in [4.78, 5) is 22.5. The van der Waals surface area contributed by atoms with Crippen molar-refractivity contribution in [3.8, 4) is 0 Å². The zero-order valence-corrected chi connectivity index (χ0v) is 10.4. The average Bonchev–Trinajstić information content (AvgIpc) is 2.41. The smallest absolute Gasteiger partial charge is 0.407 e. The lowest BCUT2D eigenvalue weighted by Gasteiger charge is -2.15. The molecule has 5 nitrogen and oxygen atoms in total. The van der Waals surface area contributed by atoms with Gasteiger partial charge in [0.05, 0.1) is 14.2 Å². The summed E-state index contributed by atoms with van der Waals surface area (Å²) < 4.78 is 34.7. The minimum Gasteiger partial charge on any atom is -0.467 e. The van der Waals surface area contributed by atoms with Crippen LogP contribution in [0.25, 0.3) is 0 Å². The largest absolute Gasteiger partial charge is 0.467 e. The molecule has 0 fully saturated rings. The van der Waals surface area contributed by atoms with Gasteiger partial charge in [-0.1, -0.05) is 6.07 Å². The van der Waals surface area contributed by atoms with Crippen LogP contribution in [0.3, 0.4) is 0 Å². The van der Waals surface area contributed by atoms with E-state index in [1.54, 1.807) is 0 Å². The summed E-state index contributed by atoms with van der Waals surface area (Å²) in [6, 6.07) is 2.16. The number of carbonyl (C=O) groups is 2. The third kappa shape index (κ3) is 4.20. The van der Waals surface area contributed by atoms with Crippen LogP contribution in [0.5, 0.6) is 0 Å². The number of carbonyl (C=O) groups excluding carboxylic acids is 2. The van der Waals surface area contributed by atoms with Crippen molar-refractivity contribution in [2.24, 2.45) is 0 Å². The number of hydrogen-bond acceptors (Lipinski definition) is 4. The molecule has 104 valence electrons. The standard InChI is InChI=1S/C12H13F2NO4/c1-18-11(16)10(15-12(17)19-2)6-7-3-4-8(13)9(14)5-7/h3-5,10H,6H2,1-2H3,(H,15,17). The maximum atomic E-state index is 13.0. The van der Waals surface area contributed by atoms with E-state index in [1.807, 2.05) is 0 Å². The van der Waals surface area contributed by atoms with Crippen LogP contribution >= 0.6 is 0 Å². The minimum atomic E-state index is -1.04. The summed E-state index contributed by atoms with van der Waals surface area (Å²) in [5, 5.41) is 2.25. The van der Waals surface area contributed by atoms with Crippen LogP contribution < -0.4 is 5.32 Å². The first-order valence-electron chi connectivity index (χ1n) is 5.34. The van der Waals surface area contributed by atoms with E-state index in [4.69, 9.17) is 0 Å². The van der Waals surface area contributed by atoms with Crippen molar-refractivity contribution in [2.75, 3.05) is 14.2 Å². The van der Waals surface area contributed by atoms with Gasteiger partial charge in [0.1, 0.15) is 6.04 Å².